The smallest absolute Gasteiger partial charge is 0.293 e. The van der Waals surface area contributed by atoms with E-state index in [1.807, 2.05) is 6.07 Å². The normalized spacial score (nSPS) is 15.5. The Balaban J connectivity index is 0.000000187. The average molecular weight is 619 g/mol. The van der Waals surface area contributed by atoms with Crippen molar-refractivity contribution in [1.29, 1.82) is 0 Å². The van der Waals surface area contributed by atoms with Gasteiger partial charge >= 0.3 is 0 Å². The third-order valence-corrected chi connectivity index (χ3v) is 7.53. The summed E-state index contributed by atoms with van der Waals surface area (Å²) in [6, 6.07) is 14.0. The number of amides is 3. The van der Waals surface area contributed by atoms with Gasteiger partial charge in [0, 0.05) is 23.3 Å². The van der Waals surface area contributed by atoms with E-state index in [4.69, 9.17) is 33.2 Å². The molecule has 3 amide bonds. The summed E-state index contributed by atoms with van der Waals surface area (Å²) in [7, 11) is 0. The highest BCUT2D eigenvalue weighted by Gasteiger charge is 2.41. The molecule has 224 valence electrons. The van der Waals surface area contributed by atoms with Crippen LogP contribution in [0.15, 0.2) is 65.7 Å². The van der Waals surface area contributed by atoms with Crippen LogP contribution in [0.25, 0.3) is 0 Å². The number of halogens is 2. The van der Waals surface area contributed by atoms with E-state index in [0.717, 1.165) is 23.8 Å². The standard InChI is InChI=1S/C19H15FN2O4.C12H9ClN2O3/c1-2-7-21-15-9-14(13(20)8-16(15)26-10-17(21)23)22-18(24)11-5-3-4-6-12(11)19(22)25;13-11-10(18-8-4-2-1-3-5-8)7-6-9(12(11)14)15(16)17/h1,8-9H,3-7,10H2;1-7H,14H2. The van der Waals surface area contributed by atoms with Gasteiger partial charge in [0.1, 0.15) is 28.0 Å². The first-order valence-electron chi connectivity index (χ1n) is 13.4. The van der Waals surface area contributed by atoms with Crippen LogP contribution in [0.5, 0.6) is 17.2 Å². The van der Waals surface area contributed by atoms with Crippen molar-refractivity contribution < 1.29 is 33.2 Å². The Morgan fingerprint density at radius 3 is 2.32 bits per heavy atom. The fourth-order valence-corrected chi connectivity index (χ4v) is 5.22. The molecule has 13 heteroatoms. The number of anilines is 3. The number of nitrogens with zero attached hydrogens (tertiary/aromatic N) is 3. The first-order chi connectivity index (χ1) is 21.1. The number of imide groups is 1. The summed E-state index contributed by atoms with van der Waals surface area (Å²) >= 11 is 5.94. The van der Waals surface area contributed by atoms with Crippen LogP contribution in [0.1, 0.15) is 25.7 Å². The Hall–Kier alpha value is -5.41. The highest BCUT2D eigenvalue weighted by Crippen LogP contribution is 2.42. The fourth-order valence-electron chi connectivity index (χ4n) is 5.02. The van der Waals surface area contributed by atoms with Gasteiger partial charge in [-0.15, -0.1) is 6.42 Å². The summed E-state index contributed by atoms with van der Waals surface area (Å²) in [6.07, 6.45) is 8.01. The van der Waals surface area contributed by atoms with E-state index in [1.165, 1.54) is 23.1 Å². The first kappa shape index (κ1) is 30.1. The molecule has 2 heterocycles. The predicted molar refractivity (Wildman–Crippen MR) is 160 cm³/mol. The van der Waals surface area contributed by atoms with Crippen molar-refractivity contribution in [3.05, 3.63) is 86.7 Å². The maximum absolute atomic E-state index is 14.7. The number of benzene rings is 3. The van der Waals surface area contributed by atoms with E-state index in [-0.39, 0.29) is 58.3 Å². The summed E-state index contributed by atoms with van der Waals surface area (Å²) in [5.41, 5.74) is 6.24. The molecular weight excluding hydrogens is 595 g/mol. The van der Waals surface area contributed by atoms with E-state index >= 15 is 0 Å². The van der Waals surface area contributed by atoms with Gasteiger partial charge < -0.3 is 15.2 Å². The van der Waals surface area contributed by atoms with Gasteiger partial charge in [-0.25, -0.2) is 9.29 Å². The lowest BCUT2D eigenvalue weighted by atomic mass is 9.93. The third kappa shape index (κ3) is 5.65. The summed E-state index contributed by atoms with van der Waals surface area (Å²) in [5, 5.41) is 10.7. The van der Waals surface area contributed by atoms with Crippen LogP contribution in [-0.4, -0.2) is 35.8 Å². The summed E-state index contributed by atoms with van der Waals surface area (Å²) in [5.74, 6) is 1.27. The molecule has 0 saturated heterocycles. The highest BCUT2D eigenvalue weighted by atomic mass is 35.5. The molecule has 0 radical (unpaired) electrons. The molecule has 0 fully saturated rings. The molecule has 11 nitrogen and oxygen atoms in total. The van der Waals surface area contributed by atoms with Crippen LogP contribution in [0, 0.1) is 28.3 Å². The SMILES string of the molecule is C#CCN1C(=O)COc2cc(F)c(N3C(=O)C4=C(CCCC4)C3=O)cc21.Nc1c([N+](=O)[O-])ccc(Oc2ccccc2)c1Cl. The second-order valence-corrected chi connectivity index (χ2v) is 10.2. The minimum Gasteiger partial charge on any atom is -0.481 e. The van der Waals surface area contributed by atoms with Crippen LogP contribution in [0.2, 0.25) is 5.02 Å². The molecule has 3 aromatic rings. The van der Waals surface area contributed by atoms with Gasteiger partial charge in [-0.1, -0.05) is 35.7 Å². The zero-order valence-electron chi connectivity index (χ0n) is 23.0. The zero-order chi connectivity index (χ0) is 31.5. The number of para-hydroxylation sites is 1. The van der Waals surface area contributed by atoms with Gasteiger partial charge in [0.15, 0.2) is 12.4 Å². The molecule has 2 aliphatic heterocycles. The second-order valence-electron chi connectivity index (χ2n) is 9.84. The topological polar surface area (TPSA) is 145 Å². The Morgan fingerprint density at radius 1 is 1.05 bits per heavy atom. The minimum atomic E-state index is -0.764. The molecular formula is C31H24ClFN4O7. The molecule has 3 aliphatic rings. The Kier molecular flexibility index (Phi) is 8.50. The second kappa shape index (κ2) is 12.4. The molecule has 1 aliphatic carbocycles. The molecule has 6 rings (SSSR count). The molecule has 0 saturated carbocycles. The third-order valence-electron chi connectivity index (χ3n) is 7.14. The number of nitro benzene ring substituents is 1. The van der Waals surface area contributed by atoms with Crippen molar-refractivity contribution in [2.24, 2.45) is 0 Å². The number of carbonyl (C=O) groups is 3. The lowest BCUT2D eigenvalue weighted by Gasteiger charge is -2.29. The number of hydrogen-bond donors (Lipinski definition) is 1. The highest BCUT2D eigenvalue weighted by molar-refractivity contribution is 6.35. The van der Waals surface area contributed by atoms with E-state index < -0.39 is 22.6 Å². The van der Waals surface area contributed by atoms with Crippen molar-refractivity contribution in [1.82, 2.24) is 0 Å². The molecule has 0 aromatic heterocycles. The molecule has 0 unspecified atom stereocenters. The van der Waals surface area contributed by atoms with Crippen LogP contribution in [0.3, 0.4) is 0 Å². The Bertz CT molecular complexity index is 1740. The number of nitrogen functional groups attached to an aromatic ring is 1. The minimum absolute atomic E-state index is 0.0170. The van der Waals surface area contributed by atoms with E-state index in [9.17, 15) is 28.9 Å². The maximum atomic E-state index is 14.7. The van der Waals surface area contributed by atoms with Gasteiger partial charge in [-0.2, -0.15) is 0 Å². The van der Waals surface area contributed by atoms with Crippen LogP contribution in [-0.2, 0) is 14.4 Å². The summed E-state index contributed by atoms with van der Waals surface area (Å²) in [6.45, 7) is -0.262. The molecule has 0 bridgehead atoms. The van der Waals surface area contributed by atoms with Crippen molar-refractivity contribution in [3.8, 4) is 29.6 Å². The van der Waals surface area contributed by atoms with Crippen molar-refractivity contribution in [3.63, 3.8) is 0 Å². The molecule has 44 heavy (non-hydrogen) atoms. The summed E-state index contributed by atoms with van der Waals surface area (Å²) in [4.78, 5) is 49.6. The van der Waals surface area contributed by atoms with E-state index in [1.54, 1.807) is 24.3 Å². The molecule has 3 aromatic carbocycles. The number of hydrogen-bond acceptors (Lipinski definition) is 8. The number of carbonyl (C=O) groups excluding carboxylic acids is 3. The Morgan fingerprint density at radius 2 is 1.70 bits per heavy atom. The van der Waals surface area contributed by atoms with Crippen LogP contribution >= 0.6 is 11.6 Å². The average Bonchev–Trinajstić information content (AvgIpc) is 3.27. The molecule has 0 spiro atoms. The monoisotopic (exact) mass is 618 g/mol. The van der Waals surface area contributed by atoms with Gasteiger partial charge in [-0.3, -0.25) is 29.4 Å². The van der Waals surface area contributed by atoms with Crippen LogP contribution in [0.4, 0.5) is 27.1 Å². The maximum Gasteiger partial charge on any atom is 0.293 e. The van der Waals surface area contributed by atoms with Gasteiger partial charge in [0.25, 0.3) is 23.4 Å². The summed E-state index contributed by atoms with van der Waals surface area (Å²) < 4.78 is 25.4. The number of nitro groups is 1. The number of rotatable bonds is 5. The largest absolute Gasteiger partial charge is 0.481 e. The molecule has 2 N–H and O–H groups in total. The van der Waals surface area contributed by atoms with Gasteiger partial charge in [0.2, 0.25) is 0 Å². The van der Waals surface area contributed by atoms with Crippen molar-refractivity contribution in [2.75, 3.05) is 28.7 Å². The lowest BCUT2D eigenvalue weighted by molar-refractivity contribution is -0.383. The van der Waals surface area contributed by atoms with Gasteiger partial charge in [0.05, 0.1) is 22.8 Å². The van der Waals surface area contributed by atoms with Gasteiger partial charge in [-0.05, 0) is 49.9 Å². The zero-order valence-corrected chi connectivity index (χ0v) is 23.8. The number of ether oxygens (including phenoxy) is 2. The van der Waals surface area contributed by atoms with Crippen LogP contribution < -0.4 is 25.0 Å². The quantitative estimate of drug-likeness (QED) is 0.129. The van der Waals surface area contributed by atoms with Crippen molar-refractivity contribution >= 4 is 52.1 Å². The number of terminal acetylenes is 1. The number of nitrogens with two attached hydrogens (primary N) is 1. The fraction of sp³-hybridized carbons (Fsp3) is 0.194. The van der Waals surface area contributed by atoms with E-state index in [2.05, 4.69) is 5.92 Å². The van der Waals surface area contributed by atoms with E-state index in [0.29, 0.717) is 29.7 Å². The molecule has 0 atom stereocenters. The first-order valence-corrected chi connectivity index (χ1v) is 13.8. The van der Waals surface area contributed by atoms with Crippen molar-refractivity contribution in [2.45, 2.75) is 25.7 Å². The Labute approximate surface area is 255 Å². The predicted octanol–water partition coefficient (Wildman–Crippen LogP) is 5.55. The lowest BCUT2D eigenvalue weighted by Crippen LogP contribution is -2.39. The number of fused-ring (bicyclic) bond motifs is 1.